The van der Waals surface area contributed by atoms with Crippen LogP contribution >= 0.6 is 0 Å². The lowest BCUT2D eigenvalue weighted by atomic mass is 10.1. The maximum absolute atomic E-state index is 12.2. The summed E-state index contributed by atoms with van der Waals surface area (Å²) in [5.74, 6) is 2.44. The highest BCUT2D eigenvalue weighted by Crippen LogP contribution is 2.21. The number of aryl methyl sites for hydroxylation is 1. The van der Waals surface area contributed by atoms with E-state index in [0.717, 1.165) is 18.9 Å². The number of carbonyl (C=O) groups is 1. The Bertz CT molecular complexity index is 947. The van der Waals surface area contributed by atoms with E-state index in [-0.39, 0.29) is 5.91 Å². The van der Waals surface area contributed by atoms with Crippen molar-refractivity contribution in [3.05, 3.63) is 42.0 Å². The minimum absolute atomic E-state index is 0.282. The van der Waals surface area contributed by atoms with E-state index < -0.39 is 0 Å². The molecule has 1 aliphatic heterocycles. The fourth-order valence-electron chi connectivity index (χ4n) is 3.29. The smallest absolute Gasteiger partial charge is 0.271 e. The molecule has 3 aromatic rings. The van der Waals surface area contributed by atoms with E-state index in [1.807, 2.05) is 13.0 Å². The molecule has 0 aromatic carbocycles. The van der Waals surface area contributed by atoms with Gasteiger partial charge in [0.1, 0.15) is 23.9 Å². The number of rotatable bonds is 7. The van der Waals surface area contributed by atoms with Crippen LogP contribution in [0.2, 0.25) is 0 Å². The van der Waals surface area contributed by atoms with Gasteiger partial charge in [0.2, 0.25) is 5.88 Å². The van der Waals surface area contributed by atoms with E-state index in [2.05, 4.69) is 30.4 Å². The van der Waals surface area contributed by atoms with Crippen LogP contribution in [-0.4, -0.2) is 52.3 Å². The van der Waals surface area contributed by atoms with Crippen molar-refractivity contribution >= 4 is 11.7 Å². The predicted molar refractivity (Wildman–Crippen MR) is 107 cm³/mol. The van der Waals surface area contributed by atoms with Crippen molar-refractivity contribution in [2.75, 3.05) is 31.1 Å². The summed E-state index contributed by atoms with van der Waals surface area (Å²) in [6.45, 7) is 4.52. The van der Waals surface area contributed by atoms with Gasteiger partial charge in [-0.2, -0.15) is 10.1 Å². The van der Waals surface area contributed by atoms with E-state index in [9.17, 15) is 4.79 Å². The van der Waals surface area contributed by atoms with Crippen LogP contribution in [0.25, 0.3) is 11.5 Å². The maximum atomic E-state index is 12.2. The molecule has 1 aliphatic rings. The largest absolute Gasteiger partial charge is 0.476 e. The number of aromatic amines is 1. The van der Waals surface area contributed by atoms with Gasteiger partial charge in [-0.25, -0.2) is 4.98 Å². The first-order valence-electron chi connectivity index (χ1n) is 9.80. The summed E-state index contributed by atoms with van der Waals surface area (Å²) in [7, 11) is 0. The third-order valence-corrected chi connectivity index (χ3v) is 4.72. The summed E-state index contributed by atoms with van der Waals surface area (Å²) in [4.78, 5) is 23.4. The van der Waals surface area contributed by atoms with Gasteiger partial charge in [0.25, 0.3) is 5.91 Å². The number of nitrogens with one attached hydrogen (secondary N) is 2. The normalized spacial score (nSPS) is 14.0. The van der Waals surface area contributed by atoms with Gasteiger partial charge in [-0.05, 0) is 38.3 Å². The lowest BCUT2D eigenvalue weighted by Gasteiger charge is -2.28. The Morgan fingerprint density at radius 1 is 1.28 bits per heavy atom. The molecule has 1 fully saturated rings. The number of furan rings is 1. The Labute approximate surface area is 168 Å². The van der Waals surface area contributed by atoms with Crippen molar-refractivity contribution in [2.45, 2.75) is 26.2 Å². The molecule has 0 unspecified atom stereocenters. The molecule has 4 heterocycles. The molecule has 152 valence electrons. The molecule has 4 rings (SSSR count). The summed E-state index contributed by atoms with van der Waals surface area (Å²) in [5, 5.41) is 9.60. The van der Waals surface area contributed by atoms with E-state index in [1.54, 1.807) is 24.5 Å². The van der Waals surface area contributed by atoms with Gasteiger partial charge in [-0.15, -0.1) is 0 Å². The van der Waals surface area contributed by atoms with Crippen molar-refractivity contribution in [3.63, 3.8) is 0 Å². The molecule has 0 spiro atoms. The summed E-state index contributed by atoms with van der Waals surface area (Å²) in [6.07, 6.45) is 5.20. The molecule has 0 atom stereocenters. The minimum Gasteiger partial charge on any atom is -0.476 e. The molecule has 0 aliphatic carbocycles. The zero-order valence-corrected chi connectivity index (χ0v) is 16.4. The van der Waals surface area contributed by atoms with Crippen molar-refractivity contribution in [1.82, 2.24) is 25.5 Å². The Kier molecular flexibility index (Phi) is 5.73. The van der Waals surface area contributed by atoms with Gasteiger partial charge in [-0.1, -0.05) is 0 Å². The zero-order valence-electron chi connectivity index (χ0n) is 16.4. The number of hydrogen-bond acceptors (Lipinski definition) is 7. The topological polar surface area (TPSA) is 109 Å². The molecular weight excluding hydrogens is 372 g/mol. The Morgan fingerprint density at radius 3 is 2.93 bits per heavy atom. The van der Waals surface area contributed by atoms with Crippen LogP contribution in [-0.2, 0) is 0 Å². The van der Waals surface area contributed by atoms with Crippen molar-refractivity contribution in [3.8, 4) is 17.3 Å². The van der Waals surface area contributed by atoms with Gasteiger partial charge < -0.3 is 19.4 Å². The van der Waals surface area contributed by atoms with Crippen LogP contribution in [0.3, 0.4) is 0 Å². The van der Waals surface area contributed by atoms with E-state index in [0.29, 0.717) is 42.0 Å². The third kappa shape index (κ3) is 4.74. The van der Waals surface area contributed by atoms with Crippen LogP contribution in [0.4, 0.5) is 5.82 Å². The quantitative estimate of drug-likeness (QED) is 0.591. The Balaban J connectivity index is 1.28. The van der Waals surface area contributed by atoms with Crippen LogP contribution in [0.1, 0.15) is 35.6 Å². The second kappa shape index (κ2) is 8.76. The third-order valence-electron chi connectivity index (χ3n) is 4.72. The lowest BCUT2D eigenvalue weighted by Crippen LogP contribution is -2.30. The van der Waals surface area contributed by atoms with Gasteiger partial charge in [-0.3, -0.25) is 9.89 Å². The van der Waals surface area contributed by atoms with Gasteiger partial charge in [0.05, 0.1) is 12.8 Å². The van der Waals surface area contributed by atoms with Crippen LogP contribution in [0.15, 0.2) is 34.9 Å². The molecule has 9 heteroatoms. The molecule has 0 saturated carbocycles. The molecule has 3 aromatic heterocycles. The van der Waals surface area contributed by atoms with Gasteiger partial charge in [0.15, 0.2) is 11.5 Å². The number of anilines is 1. The number of nitrogens with zero attached hydrogens (tertiary/aromatic N) is 4. The summed E-state index contributed by atoms with van der Waals surface area (Å²) < 4.78 is 11.0. The van der Waals surface area contributed by atoms with E-state index in [4.69, 9.17) is 9.15 Å². The average molecular weight is 396 g/mol. The minimum atomic E-state index is -0.282. The maximum Gasteiger partial charge on any atom is 0.271 e. The van der Waals surface area contributed by atoms with Crippen molar-refractivity contribution in [2.24, 2.45) is 0 Å². The number of amides is 1. The number of hydrogen-bond donors (Lipinski definition) is 2. The highest BCUT2D eigenvalue weighted by molar-refractivity contribution is 5.93. The molecule has 9 nitrogen and oxygen atoms in total. The first-order valence-corrected chi connectivity index (χ1v) is 9.80. The number of piperidine rings is 1. The zero-order chi connectivity index (χ0) is 20.1. The summed E-state index contributed by atoms with van der Waals surface area (Å²) in [5.41, 5.74) is 0.944. The first kappa shape index (κ1) is 19.0. The number of H-pyrrole nitrogens is 1. The standard InChI is InChI=1S/C20H24N6O3/c1-14-22-18(26-8-3-2-4-9-26)13-19(23-14)29-11-7-21-20(27)16-12-15(24-25-16)17-6-5-10-28-17/h5-6,10,12-13H,2-4,7-9,11H2,1H3,(H,21,27)(H,24,25). The monoisotopic (exact) mass is 396 g/mol. The molecule has 2 N–H and O–H groups in total. The molecule has 0 bridgehead atoms. The SMILES string of the molecule is Cc1nc(OCCNC(=O)c2cc(-c3ccco3)[nH]n2)cc(N2CCCCC2)n1. The molecule has 0 radical (unpaired) electrons. The lowest BCUT2D eigenvalue weighted by molar-refractivity contribution is 0.0941. The van der Waals surface area contributed by atoms with Gasteiger partial charge in [0, 0.05) is 25.2 Å². The summed E-state index contributed by atoms with van der Waals surface area (Å²) in [6, 6.07) is 7.08. The van der Waals surface area contributed by atoms with Gasteiger partial charge >= 0.3 is 0 Å². The highest BCUT2D eigenvalue weighted by Gasteiger charge is 2.15. The number of carbonyl (C=O) groups excluding carboxylic acids is 1. The summed E-state index contributed by atoms with van der Waals surface area (Å²) >= 11 is 0. The van der Waals surface area contributed by atoms with Crippen LogP contribution < -0.4 is 15.0 Å². The molecule has 1 amide bonds. The number of ether oxygens (including phenoxy) is 1. The van der Waals surface area contributed by atoms with Crippen molar-refractivity contribution < 1.29 is 13.9 Å². The fraction of sp³-hybridized carbons (Fsp3) is 0.400. The van der Waals surface area contributed by atoms with Crippen LogP contribution in [0.5, 0.6) is 5.88 Å². The Morgan fingerprint density at radius 2 is 2.14 bits per heavy atom. The first-order chi connectivity index (χ1) is 14.2. The Hall–Kier alpha value is -3.36. The van der Waals surface area contributed by atoms with Crippen molar-refractivity contribution in [1.29, 1.82) is 0 Å². The molecule has 29 heavy (non-hydrogen) atoms. The molecular formula is C20H24N6O3. The highest BCUT2D eigenvalue weighted by atomic mass is 16.5. The second-order valence-electron chi connectivity index (χ2n) is 6.91. The predicted octanol–water partition coefficient (Wildman–Crippen LogP) is 2.57. The number of aromatic nitrogens is 4. The fourth-order valence-corrected chi connectivity index (χ4v) is 3.29. The second-order valence-corrected chi connectivity index (χ2v) is 6.91. The average Bonchev–Trinajstić information content (AvgIpc) is 3.43. The van der Waals surface area contributed by atoms with Crippen LogP contribution in [0, 0.1) is 6.92 Å². The van der Waals surface area contributed by atoms with E-state index >= 15 is 0 Å². The molecule has 1 saturated heterocycles. The van der Waals surface area contributed by atoms with E-state index in [1.165, 1.54) is 19.3 Å².